The van der Waals surface area contributed by atoms with Gasteiger partial charge in [0, 0.05) is 11.8 Å². The molecule has 8 nitrogen and oxygen atoms in total. The summed E-state index contributed by atoms with van der Waals surface area (Å²) in [6, 6.07) is 5.67. The molecule has 0 aliphatic rings. The van der Waals surface area contributed by atoms with Crippen LogP contribution < -0.4 is 5.73 Å². The fourth-order valence-corrected chi connectivity index (χ4v) is 3.67. The van der Waals surface area contributed by atoms with E-state index in [2.05, 4.69) is 19.1 Å². The van der Waals surface area contributed by atoms with Crippen LogP contribution in [0.25, 0.3) is 11.4 Å². The number of aliphatic imine (C=N–C) groups is 1. The van der Waals surface area contributed by atoms with Crippen molar-refractivity contribution in [3.8, 4) is 11.4 Å². The van der Waals surface area contributed by atoms with Crippen molar-refractivity contribution in [3.05, 3.63) is 40.0 Å². The lowest BCUT2D eigenvalue weighted by Crippen LogP contribution is -2.23. The molecule has 2 aromatic rings. The Hall–Kier alpha value is -2.51. The van der Waals surface area contributed by atoms with E-state index in [1.165, 1.54) is 24.3 Å². The first-order valence-corrected chi connectivity index (χ1v) is 10.9. The topological polar surface area (TPSA) is 125 Å². The molecular weight excluding hydrogens is 469 g/mol. The van der Waals surface area contributed by atoms with E-state index in [9.17, 15) is 26.4 Å². The number of carbonyl (C=O) groups excluding carboxylic acids is 1. The molecule has 0 radical (unpaired) electrons. The maximum atomic E-state index is 13.0. The fraction of sp³-hybridized carbons (Fsp3) is 0.250. The van der Waals surface area contributed by atoms with Gasteiger partial charge in [-0.1, -0.05) is 23.7 Å². The molecule has 0 saturated carbocycles. The van der Waals surface area contributed by atoms with Crippen LogP contribution >= 0.6 is 23.1 Å². The Morgan fingerprint density at radius 1 is 1.37 bits per heavy atom. The highest BCUT2D eigenvalue weighted by molar-refractivity contribution is 7.90. The van der Waals surface area contributed by atoms with E-state index >= 15 is 0 Å². The van der Waals surface area contributed by atoms with Crippen molar-refractivity contribution in [1.82, 2.24) is 9.36 Å². The molecular formula is C16H14ClF3N4O4S2. The molecule has 0 bridgehead atoms. The van der Waals surface area contributed by atoms with Gasteiger partial charge in [0.25, 0.3) is 0 Å². The average molecular weight is 483 g/mol. The highest BCUT2D eigenvalue weighted by Crippen LogP contribution is 2.29. The molecule has 0 aliphatic carbocycles. The number of hydrogen-bond donors (Lipinski definition) is 1. The third-order valence-electron chi connectivity index (χ3n) is 3.49. The Balaban J connectivity index is 2.55. The van der Waals surface area contributed by atoms with Gasteiger partial charge in [0.15, 0.2) is 20.7 Å². The molecule has 162 valence electrons. The maximum absolute atomic E-state index is 13.0. The van der Waals surface area contributed by atoms with E-state index in [-0.39, 0.29) is 15.7 Å². The van der Waals surface area contributed by atoms with Gasteiger partial charge in [-0.3, -0.25) is 9.79 Å². The summed E-state index contributed by atoms with van der Waals surface area (Å²) in [5.74, 6) is -0.797. The number of nitrogens with zero attached hydrogens (tertiary/aromatic N) is 3. The lowest BCUT2D eigenvalue weighted by atomic mass is 10.2. The number of benzene rings is 1. The number of halogens is 4. The number of rotatable bonds is 6. The second kappa shape index (κ2) is 9.10. The van der Waals surface area contributed by atoms with E-state index < -0.39 is 45.0 Å². The zero-order valence-corrected chi connectivity index (χ0v) is 17.8. The number of carbonyl (C=O) groups is 1. The van der Waals surface area contributed by atoms with E-state index in [0.29, 0.717) is 17.1 Å². The molecule has 0 unspecified atom stereocenters. The fourth-order valence-electron chi connectivity index (χ4n) is 1.99. The second-order valence-corrected chi connectivity index (χ2v) is 8.84. The lowest BCUT2D eigenvalue weighted by Gasteiger charge is -2.10. The average Bonchev–Trinajstić information content (AvgIpc) is 3.15. The summed E-state index contributed by atoms with van der Waals surface area (Å²) in [4.78, 5) is 19.2. The van der Waals surface area contributed by atoms with Crippen LogP contribution in [0.1, 0.15) is 5.01 Å². The molecule has 14 heteroatoms. The van der Waals surface area contributed by atoms with Crippen molar-refractivity contribution in [1.29, 1.82) is 0 Å². The van der Waals surface area contributed by atoms with Crippen molar-refractivity contribution in [3.63, 3.8) is 0 Å². The van der Waals surface area contributed by atoms with Crippen LogP contribution in [0.5, 0.6) is 0 Å². The van der Waals surface area contributed by atoms with Crippen molar-refractivity contribution in [2.75, 3.05) is 19.9 Å². The van der Waals surface area contributed by atoms with Crippen LogP contribution in [-0.4, -0.2) is 55.5 Å². The minimum absolute atomic E-state index is 0.00942. The predicted molar refractivity (Wildman–Crippen MR) is 105 cm³/mol. The van der Waals surface area contributed by atoms with Crippen LogP contribution in [0, 0.1) is 0 Å². The van der Waals surface area contributed by atoms with Gasteiger partial charge < -0.3 is 10.5 Å². The zero-order valence-electron chi connectivity index (χ0n) is 15.4. The van der Waals surface area contributed by atoms with Gasteiger partial charge in [-0.05, 0) is 23.7 Å². The minimum atomic E-state index is -4.94. The molecule has 0 saturated heterocycles. The Kier molecular flexibility index (Phi) is 7.21. The van der Waals surface area contributed by atoms with Crippen LogP contribution in [0.3, 0.4) is 0 Å². The number of hydrogen-bond acceptors (Lipinski definition) is 9. The summed E-state index contributed by atoms with van der Waals surface area (Å²) in [6.45, 7) is -0.633. The summed E-state index contributed by atoms with van der Waals surface area (Å²) >= 11 is 6.44. The van der Waals surface area contributed by atoms with Gasteiger partial charge in [-0.2, -0.15) is 17.5 Å². The molecule has 30 heavy (non-hydrogen) atoms. The van der Waals surface area contributed by atoms with Crippen molar-refractivity contribution < 1.29 is 31.1 Å². The summed E-state index contributed by atoms with van der Waals surface area (Å²) in [5.41, 5.74) is 3.25. The van der Waals surface area contributed by atoms with Crippen LogP contribution in [0.4, 0.5) is 13.2 Å². The van der Waals surface area contributed by atoms with Gasteiger partial charge in [-0.15, -0.1) is 0 Å². The lowest BCUT2D eigenvalue weighted by molar-refractivity contribution is -0.138. The smallest absolute Gasteiger partial charge is 0.432 e. The quantitative estimate of drug-likeness (QED) is 0.495. The first-order valence-electron chi connectivity index (χ1n) is 7.83. The summed E-state index contributed by atoms with van der Waals surface area (Å²) in [6.07, 6.45) is -3.92. The van der Waals surface area contributed by atoms with Crippen molar-refractivity contribution in [2.45, 2.75) is 11.1 Å². The monoisotopic (exact) mass is 482 g/mol. The van der Waals surface area contributed by atoms with E-state index in [1.54, 1.807) is 0 Å². The van der Waals surface area contributed by atoms with E-state index in [0.717, 1.165) is 13.4 Å². The number of methoxy groups -OCH3 is 1. The molecule has 1 heterocycles. The number of ether oxygens (including phenoxy) is 1. The van der Waals surface area contributed by atoms with Gasteiger partial charge >= 0.3 is 12.1 Å². The first-order chi connectivity index (χ1) is 13.8. The van der Waals surface area contributed by atoms with Crippen molar-refractivity contribution >= 4 is 44.7 Å². The summed E-state index contributed by atoms with van der Waals surface area (Å²) in [5, 5.41) is -1.12. The molecule has 1 aromatic heterocycles. The van der Waals surface area contributed by atoms with E-state index in [1.807, 2.05) is 0 Å². The Morgan fingerprint density at radius 2 is 2.03 bits per heavy atom. The van der Waals surface area contributed by atoms with Crippen LogP contribution in [0.2, 0.25) is 0 Å². The zero-order chi connectivity index (χ0) is 22.7. The number of nitrogens with two attached hydrogens (primary N) is 1. The number of esters is 1. The molecule has 0 atom stereocenters. The Bertz CT molecular complexity index is 1130. The first kappa shape index (κ1) is 23.8. The van der Waals surface area contributed by atoms with Crippen LogP contribution in [-0.2, 0) is 19.4 Å². The van der Waals surface area contributed by atoms with Crippen molar-refractivity contribution in [2.24, 2.45) is 10.7 Å². The largest absolute Gasteiger partial charge is 0.468 e. The Morgan fingerprint density at radius 3 is 2.60 bits per heavy atom. The van der Waals surface area contributed by atoms with Gasteiger partial charge in [0.1, 0.15) is 18.0 Å². The maximum Gasteiger partial charge on any atom is 0.432 e. The van der Waals surface area contributed by atoms with Gasteiger partial charge in [-0.25, -0.2) is 13.4 Å². The molecule has 0 fully saturated rings. The highest BCUT2D eigenvalue weighted by atomic mass is 35.5. The summed E-state index contributed by atoms with van der Waals surface area (Å²) in [7, 11) is -2.42. The molecule has 1 aromatic carbocycles. The standard InChI is InChI=1S/C16H14ClF3N4O4S2/c1-28-10(25)7-22-12(11(17)13(21)16(18,19)20)15-23-14(24-29-15)8-4-3-5-9(6-8)30(2,26)27/h3-6H,7,21H2,1-2H3/b13-11+,22-12?. The molecule has 0 amide bonds. The third-order valence-corrected chi connectivity index (χ3v) is 5.71. The van der Waals surface area contributed by atoms with E-state index in [4.69, 9.17) is 17.3 Å². The molecule has 0 spiro atoms. The minimum Gasteiger partial charge on any atom is -0.468 e. The van der Waals surface area contributed by atoms with Gasteiger partial charge in [0.2, 0.25) is 0 Å². The predicted octanol–water partition coefficient (Wildman–Crippen LogP) is 2.54. The molecule has 2 rings (SSSR count). The number of sulfone groups is 1. The second-order valence-electron chi connectivity index (χ2n) is 5.69. The molecule has 2 N–H and O–H groups in total. The summed E-state index contributed by atoms with van der Waals surface area (Å²) < 4.78 is 70.8. The normalized spacial score (nSPS) is 13.7. The SMILES string of the molecule is COC(=O)CN=C(/C(Cl)=C(\N)C(F)(F)F)c1nc(-c2cccc(S(C)(=O)=O)c2)ns1. The number of alkyl halides is 3. The molecule has 0 aliphatic heterocycles. The highest BCUT2D eigenvalue weighted by Gasteiger charge is 2.36. The number of allylic oxidation sites excluding steroid dienone is 2. The van der Waals surface area contributed by atoms with Crippen LogP contribution in [0.15, 0.2) is 44.9 Å². The van der Waals surface area contributed by atoms with Gasteiger partial charge in [0.05, 0.1) is 17.0 Å². The third kappa shape index (κ3) is 5.77. The Labute approximate surface area is 178 Å². The number of aromatic nitrogens is 2.